The number of piperidine rings is 1. The molecule has 3 amide bonds. The van der Waals surface area contributed by atoms with Gasteiger partial charge in [0.25, 0.3) is 0 Å². The van der Waals surface area contributed by atoms with E-state index in [1.165, 1.54) is 18.9 Å². The molecule has 0 aromatic heterocycles. The largest absolute Gasteiger partial charge is 0.467 e. The van der Waals surface area contributed by atoms with Gasteiger partial charge in [-0.15, -0.1) is 0 Å². The van der Waals surface area contributed by atoms with Crippen LogP contribution in [0.5, 0.6) is 0 Å². The molecule has 1 saturated heterocycles. The monoisotopic (exact) mass is 257 g/mol. The predicted molar refractivity (Wildman–Crippen MR) is 63.5 cm³/mol. The van der Waals surface area contributed by atoms with E-state index in [0.29, 0.717) is 13.0 Å². The third-order valence-electron chi connectivity index (χ3n) is 2.99. The van der Waals surface area contributed by atoms with Crippen molar-refractivity contribution in [1.82, 2.24) is 10.2 Å². The number of carbonyl (C=O) groups is 3. The summed E-state index contributed by atoms with van der Waals surface area (Å²) in [6, 6.07) is -2.07. The molecule has 1 heterocycles. The summed E-state index contributed by atoms with van der Waals surface area (Å²) in [6.45, 7) is 2.03. The highest BCUT2D eigenvalue weighted by Gasteiger charge is 2.34. The zero-order valence-corrected chi connectivity index (χ0v) is 10.6. The van der Waals surface area contributed by atoms with Crippen LogP contribution in [0.15, 0.2) is 0 Å². The normalized spacial score (nSPS) is 21.0. The molecule has 1 rings (SSSR count). The van der Waals surface area contributed by atoms with E-state index in [1.807, 2.05) is 0 Å². The van der Waals surface area contributed by atoms with Crippen LogP contribution in [-0.4, -0.2) is 48.5 Å². The lowest BCUT2D eigenvalue weighted by atomic mass is 10.0. The summed E-state index contributed by atoms with van der Waals surface area (Å²) < 4.78 is 4.69. The molecule has 7 heteroatoms. The first-order valence-electron chi connectivity index (χ1n) is 5.91. The number of primary amides is 1. The number of rotatable bonds is 3. The molecule has 0 aromatic rings. The van der Waals surface area contributed by atoms with Gasteiger partial charge in [0.15, 0.2) is 0 Å². The van der Waals surface area contributed by atoms with Crippen molar-refractivity contribution in [3.8, 4) is 0 Å². The smallest absolute Gasteiger partial charge is 0.328 e. The van der Waals surface area contributed by atoms with Crippen molar-refractivity contribution in [3.05, 3.63) is 0 Å². The maximum atomic E-state index is 12.1. The van der Waals surface area contributed by atoms with Gasteiger partial charge in [0.05, 0.1) is 7.11 Å². The Morgan fingerprint density at radius 2 is 2.06 bits per heavy atom. The summed E-state index contributed by atoms with van der Waals surface area (Å²) in [4.78, 5) is 35.9. The number of esters is 1. The lowest BCUT2D eigenvalue weighted by Gasteiger charge is -2.35. The van der Waals surface area contributed by atoms with Crippen LogP contribution < -0.4 is 11.1 Å². The Balaban J connectivity index is 2.73. The average molecular weight is 257 g/mol. The van der Waals surface area contributed by atoms with Crippen LogP contribution in [-0.2, 0) is 14.3 Å². The second kappa shape index (κ2) is 6.23. The maximum Gasteiger partial charge on any atom is 0.328 e. The van der Waals surface area contributed by atoms with E-state index in [2.05, 4.69) is 10.1 Å². The van der Waals surface area contributed by atoms with Crippen LogP contribution in [0.1, 0.15) is 26.2 Å². The van der Waals surface area contributed by atoms with Gasteiger partial charge in [0.2, 0.25) is 5.91 Å². The summed E-state index contributed by atoms with van der Waals surface area (Å²) in [6.07, 6.45) is 2.30. The Morgan fingerprint density at radius 1 is 1.39 bits per heavy atom. The van der Waals surface area contributed by atoms with E-state index in [9.17, 15) is 14.4 Å². The van der Waals surface area contributed by atoms with E-state index in [1.54, 1.807) is 0 Å². The number of nitrogens with two attached hydrogens (primary N) is 1. The predicted octanol–water partition coefficient (Wildman–Crippen LogP) is -0.403. The molecular weight excluding hydrogens is 238 g/mol. The van der Waals surface area contributed by atoms with E-state index in [4.69, 9.17) is 5.73 Å². The van der Waals surface area contributed by atoms with Crippen LogP contribution in [0, 0.1) is 0 Å². The van der Waals surface area contributed by atoms with Gasteiger partial charge in [0.1, 0.15) is 12.1 Å². The van der Waals surface area contributed by atoms with Crippen LogP contribution in [0.2, 0.25) is 0 Å². The average Bonchev–Trinajstić information content (AvgIpc) is 2.36. The minimum absolute atomic E-state index is 0.316. The molecule has 18 heavy (non-hydrogen) atoms. The summed E-state index contributed by atoms with van der Waals surface area (Å²) in [7, 11) is 1.30. The van der Waals surface area contributed by atoms with Gasteiger partial charge >= 0.3 is 12.0 Å². The van der Waals surface area contributed by atoms with Crippen molar-refractivity contribution in [1.29, 1.82) is 0 Å². The number of amides is 3. The van der Waals surface area contributed by atoms with Crippen molar-refractivity contribution >= 4 is 17.9 Å². The number of ether oxygens (including phenoxy) is 1. The molecule has 1 unspecified atom stereocenters. The fraction of sp³-hybridized carbons (Fsp3) is 0.727. The van der Waals surface area contributed by atoms with Crippen LogP contribution >= 0.6 is 0 Å². The van der Waals surface area contributed by atoms with Crippen LogP contribution in [0.25, 0.3) is 0 Å². The number of carbonyl (C=O) groups excluding carboxylic acids is 3. The highest BCUT2D eigenvalue weighted by atomic mass is 16.5. The maximum absolute atomic E-state index is 12.1. The third kappa shape index (κ3) is 3.35. The zero-order chi connectivity index (χ0) is 13.7. The number of methoxy groups -OCH3 is 1. The molecule has 2 atom stereocenters. The summed E-state index contributed by atoms with van der Waals surface area (Å²) in [5.74, 6) is -0.738. The quantitative estimate of drug-likeness (QED) is 0.671. The second-order valence-corrected chi connectivity index (χ2v) is 4.30. The first-order valence-corrected chi connectivity index (χ1v) is 5.91. The number of nitrogens with one attached hydrogen (secondary N) is 1. The summed E-state index contributed by atoms with van der Waals surface area (Å²) in [5, 5.41) is 2.31. The molecular formula is C11H19N3O4. The molecule has 1 aliphatic rings. The van der Waals surface area contributed by atoms with E-state index >= 15 is 0 Å². The molecule has 102 valence electrons. The first-order chi connectivity index (χ1) is 8.47. The standard InChI is InChI=1S/C11H19N3O4/c1-7(13-11(12)17)9(15)14-6-4-3-5-8(14)10(16)18-2/h7-8H,3-6H2,1-2H3,(H3,12,13,17)/t7?,8-/m1/s1. The first kappa shape index (κ1) is 14.3. The van der Waals surface area contributed by atoms with Crippen LogP contribution in [0.4, 0.5) is 4.79 Å². The molecule has 0 bridgehead atoms. The fourth-order valence-electron chi connectivity index (χ4n) is 2.10. The lowest BCUT2D eigenvalue weighted by molar-refractivity contribution is -0.155. The Bertz CT molecular complexity index is 345. The number of likely N-dealkylation sites (tertiary alicyclic amines) is 1. The highest BCUT2D eigenvalue weighted by molar-refractivity contribution is 5.90. The number of hydrogen-bond acceptors (Lipinski definition) is 4. The van der Waals surface area contributed by atoms with Gasteiger partial charge in [-0.2, -0.15) is 0 Å². The van der Waals surface area contributed by atoms with Crippen LogP contribution in [0.3, 0.4) is 0 Å². The van der Waals surface area contributed by atoms with Crippen molar-refractivity contribution in [3.63, 3.8) is 0 Å². The number of urea groups is 1. The summed E-state index contributed by atoms with van der Waals surface area (Å²) in [5.41, 5.74) is 4.97. The van der Waals surface area contributed by atoms with Crippen molar-refractivity contribution in [2.75, 3.05) is 13.7 Å². The van der Waals surface area contributed by atoms with Gasteiger partial charge in [-0.25, -0.2) is 9.59 Å². The Kier molecular flexibility index (Phi) is 4.94. The van der Waals surface area contributed by atoms with Crippen molar-refractivity contribution in [2.45, 2.75) is 38.3 Å². The SMILES string of the molecule is COC(=O)[C@H]1CCCCN1C(=O)C(C)NC(N)=O. The third-order valence-corrected chi connectivity index (χ3v) is 2.99. The van der Waals surface area contributed by atoms with E-state index in [-0.39, 0.29) is 5.91 Å². The number of nitrogens with zero attached hydrogens (tertiary/aromatic N) is 1. The molecule has 1 fully saturated rings. The molecule has 0 aliphatic carbocycles. The van der Waals surface area contributed by atoms with Gasteiger partial charge in [-0.3, -0.25) is 4.79 Å². The van der Waals surface area contributed by atoms with Gasteiger partial charge < -0.3 is 20.7 Å². The van der Waals surface area contributed by atoms with E-state index < -0.39 is 24.1 Å². The number of hydrogen-bond donors (Lipinski definition) is 2. The minimum Gasteiger partial charge on any atom is -0.467 e. The Labute approximate surface area is 106 Å². The van der Waals surface area contributed by atoms with Gasteiger partial charge in [0, 0.05) is 6.54 Å². The Morgan fingerprint density at radius 3 is 2.61 bits per heavy atom. The summed E-state index contributed by atoms with van der Waals surface area (Å²) >= 11 is 0. The molecule has 0 radical (unpaired) electrons. The Hall–Kier alpha value is -1.79. The topological polar surface area (TPSA) is 102 Å². The minimum atomic E-state index is -0.762. The second-order valence-electron chi connectivity index (χ2n) is 4.30. The molecule has 0 saturated carbocycles. The molecule has 0 spiro atoms. The van der Waals surface area contributed by atoms with Crippen molar-refractivity contribution < 1.29 is 19.1 Å². The van der Waals surface area contributed by atoms with Gasteiger partial charge in [-0.1, -0.05) is 0 Å². The highest BCUT2D eigenvalue weighted by Crippen LogP contribution is 2.19. The van der Waals surface area contributed by atoms with Crippen molar-refractivity contribution in [2.24, 2.45) is 5.73 Å². The molecule has 3 N–H and O–H groups in total. The van der Waals surface area contributed by atoms with Gasteiger partial charge in [-0.05, 0) is 26.2 Å². The fourth-order valence-corrected chi connectivity index (χ4v) is 2.10. The molecule has 0 aromatic carbocycles. The van der Waals surface area contributed by atoms with E-state index in [0.717, 1.165) is 12.8 Å². The zero-order valence-electron chi connectivity index (χ0n) is 10.6. The molecule has 1 aliphatic heterocycles. The lowest BCUT2D eigenvalue weighted by Crippen LogP contribution is -2.55. The molecule has 7 nitrogen and oxygen atoms in total.